The Bertz CT molecular complexity index is 679. The van der Waals surface area contributed by atoms with E-state index in [0.29, 0.717) is 31.3 Å². The molecule has 1 aromatic heterocycles. The molecule has 1 aromatic carbocycles. The SMILES string of the molecule is CCOc1cc2c(CCCN)cn(CC(=O)O)c2cc1OCC. The Labute approximate surface area is 135 Å². The van der Waals surface area contributed by atoms with Crippen molar-refractivity contribution in [3.05, 3.63) is 23.9 Å². The van der Waals surface area contributed by atoms with Crippen LogP contribution >= 0.6 is 0 Å². The molecule has 0 saturated heterocycles. The van der Waals surface area contributed by atoms with Crippen LogP contribution in [0.15, 0.2) is 18.3 Å². The number of ether oxygens (including phenoxy) is 2. The largest absolute Gasteiger partial charge is 0.490 e. The molecular formula is C17H24N2O4. The second-order valence-corrected chi connectivity index (χ2v) is 5.25. The van der Waals surface area contributed by atoms with Crippen LogP contribution in [0.3, 0.4) is 0 Å². The number of hydrogen-bond acceptors (Lipinski definition) is 4. The van der Waals surface area contributed by atoms with Crippen LogP contribution in [0.1, 0.15) is 25.8 Å². The van der Waals surface area contributed by atoms with E-state index in [-0.39, 0.29) is 6.54 Å². The molecule has 0 aliphatic rings. The van der Waals surface area contributed by atoms with Crippen molar-refractivity contribution in [3.8, 4) is 11.5 Å². The van der Waals surface area contributed by atoms with E-state index in [1.54, 1.807) is 4.57 Å². The minimum atomic E-state index is -0.876. The van der Waals surface area contributed by atoms with Crippen LogP contribution in [0.5, 0.6) is 11.5 Å². The first-order chi connectivity index (χ1) is 11.1. The van der Waals surface area contributed by atoms with Gasteiger partial charge in [0.05, 0.1) is 18.7 Å². The molecule has 0 fully saturated rings. The summed E-state index contributed by atoms with van der Waals surface area (Å²) in [7, 11) is 0. The zero-order chi connectivity index (χ0) is 16.8. The fourth-order valence-electron chi connectivity index (χ4n) is 2.68. The normalized spacial score (nSPS) is 10.9. The molecular weight excluding hydrogens is 296 g/mol. The highest BCUT2D eigenvalue weighted by Crippen LogP contribution is 2.35. The average molecular weight is 320 g/mol. The molecule has 126 valence electrons. The van der Waals surface area contributed by atoms with Crippen LogP contribution in [0, 0.1) is 0 Å². The van der Waals surface area contributed by atoms with Crippen molar-refractivity contribution in [2.24, 2.45) is 5.73 Å². The maximum atomic E-state index is 11.1. The summed E-state index contributed by atoms with van der Waals surface area (Å²) in [6.45, 7) is 5.40. The minimum absolute atomic E-state index is 0.0847. The zero-order valence-electron chi connectivity index (χ0n) is 13.7. The Hall–Kier alpha value is -2.21. The number of aromatic nitrogens is 1. The lowest BCUT2D eigenvalue weighted by Crippen LogP contribution is -2.07. The first-order valence-electron chi connectivity index (χ1n) is 7.93. The molecule has 6 nitrogen and oxygen atoms in total. The number of carboxylic acids is 1. The molecule has 2 rings (SSSR count). The van der Waals surface area contributed by atoms with E-state index in [4.69, 9.17) is 20.3 Å². The van der Waals surface area contributed by atoms with Crippen LogP contribution < -0.4 is 15.2 Å². The maximum Gasteiger partial charge on any atom is 0.323 e. The number of rotatable bonds is 9. The van der Waals surface area contributed by atoms with Gasteiger partial charge in [-0.15, -0.1) is 0 Å². The second-order valence-electron chi connectivity index (χ2n) is 5.25. The first kappa shape index (κ1) is 17.1. The molecule has 0 unspecified atom stereocenters. The van der Waals surface area contributed by atoms with E-state index in [1.165, 1.54) is 0 Å². The molecule has 3 N–H and O–H groups in total. The van der Waals surface area contributed by atoms with Gasteiger partial charge in [0.1, 0.15) is 6.54 Å². The first-order valence-corrected chi connectivity index (χ1v) is 7.93. The average Bonchev–Trinajstić information content (AvgIpc) is 2.82. The Morgan fingerprint density at radius 1 is 1.22 bits per heavy atom. The Balaban J connectivity index is 2.57. The lowest BCUT2D eigenvalue weighted by molar-refractivity contribution is -0.137. The summed E-state index contributed by atoms with van der Waals surface area (Å²) in [4.78, 5) is 11.1. The molecule has 0 amide bonds. The van der Waals surface area contributed by atoms with E-state index >= 15 is 0 Å². The lowest BCUT2D eigenvalue weighted by atomic mass is 10.1. The van der Waals surface area contributed by atoms with Crippen molar-refractivity contribution in [2.45, 2.75) is 33.2 Å². The minimum Gasteiger partial charge on any atom is -0.490 e. The maximum absolute atomic E-state index is 11.1. The molecule has 0 aliphatic heterocycles. The number of aliphatic carboxylic acids is 1. The van der Waals surface area contributed by atoms with Crippen LogP contribution in [0.2, 0.25) is 0 Å². The van der Waals surface area contributed by atoms with Crippen molar-refractivity contribution in [1.82, 2.24) is 4.57 Å². The molecule has 6 heteroatoms. The monoisotopic (exact) mass is 320 g/mol. The van der Waals surface area contributed by atoms with Crippen LogP contribution in [-0.4, -0.2) is 35.4 Å². The molecule has 23 heavy (non-hydrogen) atoms. The molecule has 2 aromatic rings. The van der Waals surface area contributed by atoms with Gasteiger partial charge in [0, 0.05) is 17.6 Å². The van der Waals surface area contributed by atoms with E-state index in [0.717, 1.165) is 29.3 Å². The Morgan fingerprint density at radius 3 is 2.43 bits per heavy atom. The summed E-state index contributed by atoms with van der Waals surface area (Å²) in [5.41, 5.74) is 7.52. The highest BCUT2D eigenvalue weighted by Gasteiger charge is 2.15. The summed E-state index contributed by atoms with van der Waals surface area (Å²) >= 11 is 0. The molecule has 0 saturated carbocycles. The number of carbonyl (C=O) groups is 1. The van der Waals surface area contributed by atoms with E-state index < -0.39 is 5.97 Å². The van der Waals surface area contributed by atoms with Crippen molar-refractivity contribution in [2.75, 3.05) is 19.8 Å². The highest BCUT2D eigenvalue weighted by molar-refractivity contribution is 5.88. The molecule has 0 aliphatic carbocycles. The molecule has 0 bridgehead atoms. The van der Waals surface area contributed by atoms with Crippen molar-refractivity contribution in [1.29, 1.82) is 0 Å². The standard InChI is InChI=1S/C17H24N2O4/c1-3-22-15-8-13-12(6-5-7-18)10-19(11-17(20)21)14(13)9-16(15)23-4-2/h8-10H,3-7,11,18H2,1-2H3,(H,20,21). The Morgan fingerprint density at radius 2 is 1.87 bits per heavy atom. The topological polar surface area (TPSA) is 86.7 Å². The van der Waals surface area contributed by atoms with Gasteiger partial charge in [-0.3, -0.25) is 4.79 Å². The predicted molar refractivity (Wildman–Crippen MR) is 89.3 cm³/mol. The van der Waals surface area contributed by atoms with E-state index in [9.17, 15) is 4.79 Å². The van der Waals surface area contributed by atoms with Crippen LogP contribution in [-0.2, 0) is 17.8 Å². The van der Waals surface area contributed by atoms with Gasteiger partial charge in [0.25, 0.3) is 0 Å². The van der Waals surface area contributed by atoms with Crippen LogP contribution in [0.25, 0.3) is 10.9 Å². The number of nitrogens with two attached hydrogens (primary N) is 1. The smallest absolute Gasteiger partial charge is 0.323 e. The third-order valence-electron chi connectivity index (χ3n) is 3.58. The Kier molecular flexibility index (Phi) is 5.87. The molecule has 0 spiro atoms. The number of hydrogen-bond donors (Lipinski definition) is 2. The van der Waals surface area contributed by atoms with Gasteiger partial charge in [0.15, 0.2) is 11.5 Å². The number of nitrogens with zero attached hydrogens (tertiary/aromatic N) is 1. The summed E-state index contributed by atoms with van der Waals surface area (Å²) in [6.07, 6.45) is 3.54. The zero-order valence-corrected chi connectivity index (χ0v) is 13.7. The van der Waals surface area contributed by atoms with Crippen molar-refractivity contribution < 1.29 is 19.4 Å². The highest BCUT2D eigenvalue weighted by atomic mass is 16.5. The number of carboxylic acid groups (broad SMARTS) is 1. The molecule has 0 radical (unpaired) electrons. The van der Waals surface area contributed by atoms with Crippen LogP contribution in [0.4, 0.5) is 0 Å². The fourth-order valence-corrected chi connectivity index (χ4v) is 2.68. The van der Waals surface area contributed by atoms with Gasteiger partial charge in [-0.1, -0.05) is 0 Å². The predicted octanol–water partition coefficient (Wildman–Crippen LogP) is 2.41. The van der Waals surface area contributed by atoms with Crippen molar-refractivity contribution >= 4 is 16.9 Å². The lowest BCUT2D eigenvalue weighted by Gasteiger charge is -2.12. The fraction of sp³-hybridized carbons (Fsp3) is 0.471. The molecule has 1 heterocycles. The van der Waals surface area contributed by atoms with E-state index in [2.05, 4.69) is 0 Å². The van der Waals surface area contributed by atoms with Gasteiger partial charge in [-0.05, 0) is 44.9 Å². The molecule has 0 atom stereocenters. The summed E-state index contributed by atoms with van der Waals surface area (Å²) < 4.78 is 13.1. The van der Waals surface area contributed by atoms with Gasteiger partial charge >= 0.3 is 5.97 Å². The van der Waals surface area contributed by atoms with E-state index in [1.807, 2.05) is 32.2 Å². The van der Waals surface area contributed by atoms with Gasteiger partial charge in [-0.2, -0.15) is 0 Å². The second kappa shape index (κ2) is 7.87. The third kappa shape index (κ3) is 3.96. The quantitative estimate of drug-likeness (QED) is 0.741. The third-order valence-corrected chi connectivity index (χ3v) is 3.58. The summed E-state index contributed by atoms with van der Waals surface area (Å²) in [6, 6.07) is 3.80. The summed E-state index contributed by atoms with van der Waals surface area (Å²) in [5.74, 6) is 0.444. The number of aryl methyl sites for hydroxylation is 1. The van der Waals surface area contributed by atoms with Crippen molar-refractivity contribution in [3.63, 3.8) is 0 Å². The number of benzene rings is 1. The van der Waals surface area contributed by atoms with Gasteiger partial charge < -0.3 is 24.9 Å². The number of fused-ring (bicyclic) bond motifs is 1. The summed E-state index contributed by atoms with van der Waals surface area (Å²) in [5, 5.41) is 10.1. The van der Waals surface area contributed by atoms with Gasteiger partial charge in [0.2, 0.25) is 0 Å². The van der Waals surface area contributed by atoms with Gasteiger partial charge in [-0.25, -0.2) is 0 Å².